The molecule has 0 aliphatic rings. The molecule has 0 unspecified atom stereocenters. The minimum absolute atomic E-state index is 0.185. The van der Waals surface area contributed by atoms with Crippen LogP contribution in [-0.4, -0.2) is 22.4 Å². The average molecular weight is 245 g/mol. The van der Waals surface area contributed by atoms with Crippen LogP contribution >= 0.6 is 0 Å². The Morgan fingerprint density at radius 1 is 1.39 bits per heavy atom. The number of rotatable bonds is 4. The lowest BCUT2D eigenvalue weighted by Gasteiger charge is -2.05. The van der Waals surface area contributed by atoms with Gasteiger partial charge in [0.05, 0.1) is 6.26 Å². The van der Waals surface area contributed by atoms with Crippen molar-refractivity contribution in [2.45, 2.75) is 20.3 Å². The quantitative estimate of drug-likeness (QED) is 0.889. The van der Waals surface area contributed by atoms with Crippen LogP contribution in [0.25, 0.3) is 0 Å². The highest BCUT2D eigenvalue weighted by atomic mass is 16.3. The van der Waals surface area contributed by atoms with Crippen LogP contribution < -0.4 is 5.32 Å². The summed E-state index contributed by atoms with van der Waals surface area (Å²) < 4.78 is 5.18. The van der Waals surface area contributed by atoms with Crippen LogP contribution in [0.15, 0.2) is 28.9 Å². The first kappa shape index (κ1) is 12.3. The van der Waals surface area contributed by atoms with Gasteiger partial charge in [0, 0.05) is 18.7 Å². The molecule has 94 valence electrons. The number of furan rings is 1. The lowest BCUT2D eigenvalue weighted by Crippen LogP contribution is -2.27. The van der Waals surface area contributed by atoms with Gasteiger partial charge >= 0.3 is 0 Å². The second-order valence-corrected chi connectivity index (χ2v) is 4.03. The lowest BCUT2D eigenvalue weighted by atomic mass is 10.3. The van der Waals surface area contributed by atoms with E-state index in [1.807, 2.05) is 19.1 Å². The molecular formula is C13H15N3O2. The van der Waals surface area contributed by atoms with E-state index in [0.29, 0.717) is 24.5 Å². The maximum Gasteiger partial charge on any atom is 0.270 e. The molecule has 2 aromatic heterocycles. The molecule has 0 aromatic carbocycles. The summed E-state index contributed by atoms with van der Waals surface area (Å²) in [6.07, 6.45) is 2.29. The van der Waals surface area contributed by atoms with E-state index < -0.39 is 0 Å². The molecule has 0 aliphatic heterocycles. The van der Waals surface area contributed by atoms with E-state index in [0.717, 1.165) is 11.5 Å². The molecule has 0 saturated heterocycles. The number of amides is 1. The molecule has 0 aliphatic carbocycles. The zero-order valence-corrected chi connectivity index (χ0v) is 10.4. The van der Waals surface area contributed by atoms with Gasteiger partial charge in [0.15, 0.2) is 0 Å². The standard InChI is InChI=1S/C13H15N3O2/c1-9-8-12(16-10(2)15-9)13(17)14-6-5-11-4-3-7-18-11/h3-4,7-8H,5-6H2,1-2H3,(H,14,17). The second kappa shape index (κ2) is 5.44. The van der Waals surface area contributed by atoms with Crippen LogP contribution in [0, 0.1) is 13.8 Å². The van der Waals surface area contributed by atoms with Crippen LogP contribution in [0.3, 0.4) is 0 Å². The highest BCUT2D eigenvalue weighted by Crippen LogP contribution is 2.02. The average Bonchev–Trinajstić information content (AvgIpc) is 2.80. The summed E-state index contributed by atoms with van der Waals surface area (Å²) in [5.41, 5.74) is 1.19. The number of aryl methyl sites for hydroxylation is 2. The zero-order chi connectivity index (χ0) is 13.0. The van der Waals surface area contributed by atoms with E-state index in [1.165, 1.54) is 0 Å². The zero-order valence-electron chi connectivity index (χ0n) is 10.4. The van der Waals surface area contributed by atoms with Gasteiger partial charge in [0.25, 0.3) is 5.91 Å². The fourth-order valence-electron chi connectivity index (χ4n) is 1.68. The molecule has 1 amide bonds. The van der Waals surface area contributed by atoms with Gasteiger partial charge in [0.2, 0.25) is 0 Å². The molecule has 2 heterocycles. The molecule has 0 radical (unpaired) electrons. The van der Waals surface area contributed by atoms with Gasteiger partial charge < -0.3 is 9.73 Å². The second-order valence-electron chi connectivity index (χ2n) is 4.03. The number of hydrogen-bond acceptors (Lipinski definition) is 4. The summed E-state index contributed by atoms with van der Waals surface area (Å²) in [4.78, 5) is 20.1. The minimum Gasteiger partial charge on any atom is -0.469 e. The lowest BCUT2D eigenvalue weighted by molar-refractivity contribution is 0.0948. The Morgan fingerprint density at radius 3 is 2.89 bits per heavy atom. The van der Waals surface area contributed by atoms with Crippen LogP contribution in [0.4, 0.5) is 0 Å². The molecule has 2 aromatic rings. The topological polar surface area (TPSA) is 68.0 Å². The minimum atomic E-state index is -0.185. The summed E-state index contributed by atoms with van der Waals surface area (Å²) in [5, 5.41) is 2.80. The molecular weight excluding hydrogens is 230 g/mol. The molecule has 0 spiro atoms. The summed E-state index contributed by atoms with van der Waals surface area (Å²) in [6.45, 7) is 4.13. The van der Waals surface area contributed by atoms with Crippen LogP contribution in [0.2, 0.25) is 0 Å². The molecule has 0 fully saturated rings. The first-order valence-corrected chi connectivity index (χ1v) is 5.78. The highest BCUT2D eigenvalue weighted by molar-refractivity contribution is 5.92. The highest BCUT2D eigenvalue weighted by Gasteiger charge is 2.08. The van der Waals surface area contributed by atoms with E-state index in [9.17, 15) is 4.79 Å². The number of nitrogens with zero attached hydrogens (tertiary/aromatic N) is 2. The first-order valence-electron chi connectivity index (χ1n) is 5.78. The van der Waals surface area contributed by atoms with Crippen molar-refractivity contribution in [1.82, 2.24) is 15.3 Å². The fourth-order valence-corrected chi connectivity index (χ4v) is 1.68. The van der Waals surface area contributed by atoms with E-state index in [4.69, 9.17) is 4.42 Å². The Bertz CT molecular complexity index is 515. The van der Waals surface area contributed by atoms with Crippen molar-refractivity contribution in [3.63, 3.8) is 0 Å². The van der Waals surface area contributed by atoms with E-state index in [-0.39, 0.29) is 5.91 Å². The van der Waals surface area contributed by atoms with Gasteiger partial charge in [-0.15, -0.1) is 0 Å². The molecule has 5 heteroatoms. The number of carbonyl (C=O) groups excluding carboxylic acids is 1. The van der Waals surface area contributed by atoms with Gasteiger partial charge in [-0.3, -0.25) is 4.79 Å². The number of nitrogens with one attached hydrogen (secondary N) is 1. The third-order valence-electron chi connectivity index (χ3n) is 2.44. The molecule has 2 rings (SSSR count). The third kappa shape index (κ3) is 3.16. The number of carbonyl (C=O) groups is 1. The maximum atomic E-state index is 11.8. The predicted octanol–water partition coefficient (Wildman–Crippen LogP) is 1.66. The molecule has 0 bridgehead atoms. The van der Waals surface area contributed by atoms with Crippen molar-refractivity contribution in [2.24, 2.45) is 0 Å². The number of hydrogen-bond donors (Lipinski definition) is 1. The Kier molecular flexibility index (Phi) is 3.72. The van der Waals surface area contributed by atoms with Crippen molar-refractivity contribution in [3.05, 3.63) is 47.4 Å². The summed E-state index contributed by atoms with van der Waals surface area (Å²) in [6, 6.07) is 5.38. The first-order chi connectivity index (χ1) is 8.65. The Balaban J connectivity index is 1.91. The largest absolute Gasteiger partial charge is 0.469 e. The predicted molar refractivity (Wildman–Crippen MR) is 66.3 cm³/mol. The van der Waals surface area contributed by atoms with Gasteiger partial charge in [-0.2, -0.15) is 0 Å². The molecule has 18 heavy (non-hydrogen) atoms. The van der Waals surface area contributed by atoms with Gasteiger partial charge in [0.1, 0.15) is 17.3 Å². The van der Waals surface area contributed by atoms with Crippen LogP contribution in [-0.2, 0) is 6.42 Å². The van der Waals surface area contributed by atoms with Crippen molar-refractivity contribution < 1.29 is 9.21 Å². The van der Waals surface area contributed by atoms with Gasteiger partial charge in [-0.05, 0) is 32.0 Å². The van der Waals surface area contributed by atoms with E-state index in [2.05, 4.69) is 15.3 Å². The summed E-state index contributed by atoms with van der Waals surface area (Å²) in [7, 11) is 0. The normalized spacial score (nSPS) is 10.3. The van der Waals surface area contributed by atoms with Crippen molar-refractivity contribution in [2.75, 3.05) is 6.54 Å². The van der Waals surface area contributed by atoms with Crippen LogP contribution in [0.5, 0.6) is 0 Å². The molecule has 5 nitrogen and oxygen atoms in total. The van der Waals surface area contributed by atoms with Gasteiger partial charge in [-0.25, -0.2) is 9.97 Å². The Morgan fingerprint density at radius 2 is 2.22 bits per heavy atom. The van der Waals surface area contributed by atoms with Crippen LogP contribution in [0.1, 0.15) is 27.8 Å². The maximum absolute atomic E-state index is 11.8. The Hall–Kier alpha value is -2.17. The van der Waals surface area contributed by atoms with Crippen molar-refractivity contribution in [3.8, 4) is 0 Å². The Labute approximate surface area is 105 Å². The molecule has 1 N–H and O–H groups in total. The van der Waals surface area contributed by atoms with E-state index >= 15 is 0 Å². The SMILES string of the molecule is Cc1cc(C(=O)NCCc2ccco2)nc(C)n1. The van der Waals surface area contributed by atoms with Crippen molar-refractivity contribution in [1.29, 1.82) is 0 Å². The summed E-state index contributed by atoms with van der Waals surface area (Å²) >= 11 is 0. The van der Waals surface area contributed by atoms with Gasteiger partial charge in [-0.1, -0.05) is 0 Å². The smallest absolute Gasteiger partial charge is 0.270 e. The molecule has 0 atom stereocenters. The van der Waals surface area contributed by atoms with E-state index in [1.54, 1.807) is 19.3 Å². The molecule has 0 saturated carbocycles. The monoisotopic (exact) mass is 245 g/mol. The fraction of sp³-hybridized carbons (Fsp3) is 0.308. The summed E-state index contributed by atoms with van der Waals surface area (Å²) in [5.74, 6) is 1.27. The number of aromatic nitrogens is 2. The third-order valence-corrected chi connectivity index (χ3v) is 2.44. The van der Waals surface area contributed by atoms with Crippen molar-refractivity contribution >= 4 is 5.91 Å².